The first-order valence-electron chi connectivity index (χ1n) is 4.51. The first-order valence-corrected chi connectivity index (χ1v) is 4.51. The van der Waals surface area contributed by atoms with Crippen LogP contribution in [0.5, 0.6) is 0 Å². The van der Waals surface area contributed by atoms with Gasteiger partial charge >= 0.3 is 12.0 Å². The number of ether oxygens (including phenoxy) is 1. The predicted molar refractivity (Wildman–Crippen MR) is 54.4 cm³/mol. The highest BCUT2D eigenvalue weighted by atomic mass is 19.1. The molecule has 0 aromatic heterocycles. The van der Waals surface area contributed by atoms with E-state index in [1.807, 2.05) is 0 Å². The van der Waals surface area contributed by atoms with E-state index in [0.29, 0.717) is 0 Å². The van der Waals surface area contributed by atoms with Crippen LogP contribution in [0.2, 0.25) is 0 Å². The Morgan fingerprint density at radius 1 is 1.35 bits per heavy atom. The van der Waals surface area contributed by atoms with E-state index in [-0.39, 0.29) is 5.56 Å². The lowest BCUT2D eigenvalue weighted by atomic mass is 10.2. The number of nitrogens with one attached hydrogen (secondary N) is 1. The number of hydrogen-bond acceptors (Lipinski definition) is 4. The molecule has 3 N–H and O–H groups in total. The number of nitrogens with two attached hydrogens (primary N) is 1. The summed E-state index contributed by atoms with van der Waals surface area (Å²) >= 11 is 0. The Kier molecular flexibility index (Phi) is 4.15. The molecule has 3 amide bonds. The smallest absolute Gasteiger partial charge is 0.338 e. The van der Waals surface area contributed by atoms with Crippen molar-refractivity contribution in [1.82, 2.24) is 5.32 Å². The van der Waals surface area contributed by atoms with Crippen LogP contribution in [0.4, 0.5) is 9.18 Å². The zero-order valence-corrected chi connectivity index (χ0v) is 8.60. The molecule has 1 aromatic carbocycles. The van der Waals surface area contributed by atoms with Crippen molar-refractivity contribution in [2.75, 3.05) is 6.61 Å². The zero-order valence-electron chi connectivity index (χ0n) is 8.60. The van der Waals surface area contributed by atoms with Crippen molar-refractivity contribution in [3.63, 3.8) is 0 Å². The number of imide groups is 1. The molecule has 6 nitrogen and oxygen atoms in total. The maximum atomic E-state index is 12.8. The minimum Gasteiger partial charge on any atom is -0.452 e. The molecule has 0 heterocycles. The van der Waals surface area contributed by atoms with Gasteiger partial charge in [-0.15, -0.1) is 0 Å². The maximum Gasteiger partial charge on any atom is 0.338 e. The highest BCUT2D eigenvalue weighted by molar-refractivity contribution is 5.96. The molecular formula is C10H9FN2O4. The van der Waals surface area contributed by atoms with Crippen molar-refractivity contribution in [1.29, 1.82) is 0 Å². The standard InChI is InChI=1S/C10H9FN2O4/c11-7-3-1-2-6(4-7)9(15)17-5-8(14)13-10(12)16/h1-4H,5H2,(H3,12,13,14,16). The van der Waals surface area contributed by atoms with Gasteiger partial charge in [-0.05, 0) is 18.2 Å². The van der Waals surface area contributed by atoms with E-state index in [9.17, 15) is 18.8 Å². The molecule has 17 heavy (non-hydrogen) atoms. The van der Waals surface area contributed by atoms with E-state index >= 15 is 0 Å². The Bertz CT molecular complexity index is 461. The van der Waals surface area contributed by atoms with Crippen LogP contribution in [-0.2, 0) is 9.53 Å². The largest absolute Gasteiger partial charge is 0.452 e. The third-order valence-corrected chi connectivity index (χ3v) is 1.66. The Balaban J connectivity index is 2.50. The second-order valence-electron chi connectivity index (χ2n) is 3.00. The second-order valence-corrected chi connectivity index (χ2v) is 3.00. The van der Waals surface area contributed by atoms with Gasteiger partial charge in [0.25, 0.3) is 5.91 Å². The van der Waals surface area contributed by atoms with Crippen LogP contribution >= 0.6 is 0 Å². The molecule has 0 aliphatic rings. The number of amides is 3. The van der Waals surface area contributed by atoms with Crippen molar-refractivity contribution in [3.8, 4) is 0 Å². The molecule has 0 spiro atoms. The summed E-state index contributed by atoms with van der Waals surface area (Å²) in [6, 6.07) is 3.74. The van der Waals surface area contributed by atoms with Crippen LogP contribution in [0.1, 0.15) is 10.4 Å². The lowest BCUT2D eigenvalue weighted by molar-refractivity contribution is -0.123. The minimum atomic E-state index is -1.04. The first kappa shape index (κ1) is 12.6. The lowest BCUT2D eigenvalue weighted by Crippen LogP contribution is -2.37. The van der Waals surface area contributed by atoms with Crippen molar-refractivity contribution < 1.29 is 23.5 Å². The molecule has 1 rings (SSSR count). The van der Waals surface area contributed by atoms with E-state index in [2.05, 4.69) is 10.5 Å². The lowest BCUT2D eigenvalue weighted by Gasteiger charge is -2.04. The number of esters is 1. The van der Waals surface area contributed by atoms with Crippen molar-refractivity contribution in [2.45, 2.75) is 0 Å². The average molecular weight is 240 g/mol. The van der Waals surface area contributed by atoms with Crippen LogP contribution < -0.4 is 11.1 Å². The number of carbonyl (C=O) groups is 3. The monoisotopic (exact) mass is 240 g/mol. The fraction of sp³-hybridized carbons (Fsp3) is 0.100. The van der Waals surface area contributed by atoms with E-state index in [1.54, 1.807) is 5.32 Å². The van der Waals surface area contributed by atoms with Crippen LogP contribution in [0, 0.1) is 5.82 Å². The fourth-order valence-corrected chi connectivity index (χ4v) is 1.00. The molecule has 0 unspecified atom stereocenters. The molecule has 1 aromatic rings. The Morgan fingerprint density at radius 2 is 2.06 bits per heavy atom. The summed E-state index contributed by atoms with van der Waals surface area (Å²) in [5.74, 6) is -2.33. The van der Waals surface area contributed by atoms with Gasteiger partial charge in [0.2, 0.25) is 0 Å². The summed E-state index contributed by atoms with van der Waals surface area (Å²) in [7, 11) is 0. The summed E-state index contributed by atoms with van der Waals surface area (Å²) in [6.45, 7) is -0.668. The van der Waals surface area contributed by atoms with Gasteiger partial charge in [-0.1, -0.05) is 6.07 Å². The molecule has 0 aliphatic carbocycles. The van der Waals surface area contributed by atoms with E-state index in [1.165, 1.54) is 12.1 Å². The van der Waals surface area contributed by atoms with E-state index in [0.717, 1.165) is 12.1 Å². The number of primary amides is 1. The third-order valence-electron chi connectivity index (χ3n) is 1.66. The van der Waals surface area contributed by atoms with Gasteiger partial charge in [0.15, 0.2) is 6.61 Å². The molecule has 0 bridgehead atoms. The van der Waals surface area contributed by atoms with E-state index in [4.69, 9.17) is 0 Å². The van der Waals surface area contributed by atoms with Gasteiger partial charge in [0.05, 0.1) is 5.56 Å². The maximum absolute atomic E-state index is 12.8. The fourth-order valence-electron chi connectivity index (χ4n) is 1.00. The summed E-state index contributed by atoms with van der Waals surface area (Å²) in [5.41, 5.74) is 4.64. The number of rotatable bonds is 3. The first-order chi connectivity index (χ1) is 7.99. The summed E-state index contributed by atoms with van der Waals surface area (Å²) in [4.78, 5) is 32.5. The Labute approximate surface area is 95.5 Å². The normalized spacial score (nSPS) is 9.47. The van der Waals surface area contributed by atoms with Gasteiger partial charge in [0, 0.05) is 0 Å². The highest BCUT2D eigenvalue weighted by Gasteiger charge is 2.11. The van der Waals surface area contributed by atoms with Gasteiger partial charge in [-0.3, -0.25) is 10.1 Å². The van der Waals surface area contributed by atoms with Gasteiger partial charge in [0.1, 0.15) is 5.82 Å². The Morgan fingerprint density at radius 3 is 2.65 bits per heavy atom. The summed E-state index contributed by atoms with van der Waals surface area (Å²) < 4.78 is 17.3. The molecule has 7 heteroatoms. The molecule has 0 saturated carbocycles. The molecule has 0 fully saturated rings. The molecular weight excluding hydrogens is 231 g/mol. The topological polar surface area (TPSA) is 98.5 Å². The van der Waals surface area contributed by atoms with Crippen LogP contribution in [-0.4, -0.2) is 24.5 Å². The van der Waals surface area contributed by atoms with Crippen molar-refractivity contribution in [2.24, 2.45) is 5.73 Å². The molecule has 0 atom stereocenters. The number of benzene rings is 1. The third kappa shape index (κ3) is 4.29. The molecule has 0 aliphatic heterocycles. The van der Waals surface area contributed by atoms with Crippen molar-refractivity contribution >= 4 is 17.9 Å². The van der Waals surface area contributed by atoms with E-state index < -0.39 is 30.3 Å². The summed E-state index contributed by atoms with van der Waals surface area (Å²) in [5, 5.41) is 1.71. The number of halogens is 1. The highest BCUT2D eigenvalue weighted by Crippen LogP contribution is 2.04. The zero-order chi connectivity index (χ0) is 12.8. The molecule has 0 radical (unpaired) electrons. The van der Waals surface area contributed by atoms with Gasteiger partial charge in [-0.2, -0.15) is 0 Å². The number of hydrogen-bond donors (Lipinski definition) is 2. The second kappa shape index (κ2) is 5.59. The molecule has 90 valence electrons. The van der Waals surface area contributed by atoms with Crippen LogP contribution in [0.25, 0.3) is 0 Å². The quantitative estimate of drug-likeness (QED) is 0.736. The van der Waals surface area contributed by atoms with Gasteiger partial charge < -0.3 is 10.5 Å². The van der Waals surface area contributed by atoms with Crippen LogP contribution in [0.3, 0.4) is 0 Å². The number of urea groups is 1. The summed E-state index contributed by atoms with van der Waals surface area (Å²) in [6.07, 6.45) is 0. The number of carbonyl (C=O) groups excluding carboxylic acids is 3. The van der Waals surface area contributed by atoms with Crippen LogP contribution in [0.15, 0.2) is 24.3 Å². The molecule has 0 saturated heterocycles. The SMILES string of the molecule is NC(=O)NC(=O)COC(=O)c1cccc(F)c1. The Hall–Kier alpha value is -2.44. The minimum absolute atomic E-state index is 0.0307. The van der Waals surface area contributed by atoms with Crippen molar-refractivity contribution in [3.05, 3.63) is 35.6 Å². The average Bonchev–Trinajstić information content (AvgIpc) is 2.25. The predicted octanol–water partition coefficient (Wildman–Crippen LogP) is 0.177. The van der Waals surface area contributed by atoms with Gasteiger partial charge in [-0.25, -0.2) is 14.0 Å².